The predicted octanol–water partition coefficient (Wildman–Crippen LogP) is -5.88. The fourth-order valence-corrected chi connectivity index (χ4v) is 0. The third-order valence-electron chi connectivity index (χ3n) is 0. The van der Waals surface area contributed by atoms with Crippen molar-refractivity contribution in [3.63, 3.8) is 0 Å². The topological polar surface area (TPSA) is 69.2 Å². The molecule has 0 saturated heterocycles. The van der Waals surface area contributed by atoms with Crippen LogP contribution in [0, 0.1) is 0 Å². The maximum Gasteiger partial charge on any atom is 0.282 e. The molecule has 0 amide bonds. The van der Waals surface area contributed by atoms with Gasteiger partial charge in [0.15, 0.2) is 0 Å². The summed E-state index contributed by atoms with van der Waals surface area (Å²) in [6.07, 6.45) is 0. The second-order valence-electron chi connectivity index (χ2n) is 0.189. The van der Waals surface area contributed by atoms with Gasteiger partial charge in [-0.2, -0.15) is 0 Å². The molecule has 0 aliphatic heterocycles. The molecule has 0 aliphatic carbocycles. The van der Waals surface area contributed by atoms with Gasteiger partial charge in [-0.3, -0.25) is 0 Å². The van der Waals surface area contributed by atoms with Crippen molar-refractivity contribution in [2.75, 3.05) is 0 Å². The van der Waals surface area contributed by atoms with Crippen LogP contribution in [0.2, 0.25) is 0 Å². The Balaban J connectivity index is -0.0000000480. The summed E-state index contributed by atoms with van der Waals surface area (Å²) in [4.78, 5) is 0. The van der Waals surface area contributed by atoms with Gasteiger partial charge in [0.05, 0.1) is 0 Å². The van der Waals surface area contributed by atoms with Gasteiger partial charge >= 0.3 is 51.6 Å². The SMILES string of the molecule is [Ag+].[Cl][Ag].[O-][I+2]([O-])[O-]. The second-order valence-corrected chi connectivity index (χ2v) is 1.27. The molecular weight excluding hydrogens is 426 g/mol. The predicted molar refractivity (Wildman–Crippen MR) is 5.85 cm³/mol. The van der Waals surface area contributed by atoms with E-state index in [-0.39, 0.29) is 22.4 Å². The Morgan fingerprint density at radius 3 is 1.14 bits per heavy atom. The second kappa shape index (κ2) is 15.8. The maximum atomic E-state index is 8.57. The normalized spacial score (nSPS) is 6.14. The summed E-state index contributed by atoms with van der Waals surface area (Å²) >= 11 is -1.59. The summed E-state index contributed by atoms with van der Waals surface area (Å²) in [6.45, 7) is 0. The monoisotopic (exact) mass is 424 g/mol. The zero-order valence-electron chi connectivity index (χ0n) is 2.58. The molecule has 0 radical (unpaired) electrons. The Kier molecular flexibility index (Phi) is 36.5. The van der Waals surface area contributed by atoms with Crippen molar-refractivity contribution in [3.05, 3.63) is 0 Å². The number of hydrogen-bond acceptors (Lipinski definition) is 3. The molecule has 3 nitrogen and oxygen atoms in total. The first kappa shape index (κ1) is 16.2. The quantitative estimate of drug-likeness (QED) is 0.287. The number of rotatable bonds is 0. The van der Waals surface area contributed by atoms with Gasteiger partial charge in [0.2, 0.25) is 0 Å². The van der Waals surface area contributed by atoms with Gasteiger partial charge < -0.3 is 10.3 Å². The molecule has 0 heterocycles. The van der Waals surface area contributed by atoms with Crippen molar-refractivity contribution in [3.8, 4) is 0 Å². The van der Waals surface area contributed by atoms with E-state index in [2.05, 4.69) is 29.2 Å². The summed E-state index contributed by atoms with van der Waals surface area (Å²) in [6, 6.07) is 0. The van der Waals surface area contributed by atoms with Crippen LogP contribution in [0.5, 0.6) is 0 Å². The first-order valence-electron chi connectivity index (χ1n) is 0.577. The van der Waals surface area contributed by atoms with Gasteiger partial charge in [-0.1, -0.05) is 0 Å². The van der Waals surface area contributed by atoms with E-state index >= 15 is 0 Å². The molecule has 0 unspecified atom stereocenters. The smallest absolute Gasteiger partial charge is 0.282 e. The van der Waals surface area contributed by atoms with Crippen LogP contribution in [-0.4, -0.2) is 0 Å². The van der Waals surface area contributed by atoms with Gasteiger partial charge in [-0.15, -0.1) is 0 Å². The molecule has 0 N–H and O–H groups in total. The van der Waals surface area contributed by atoms with Crippen LogP contribution in [0.3, 0.4) is 0 Å². The van der Waals surface area contributed by atoms with Crippen LogP contribution in [-0.2, 0) is 42.4 Å². The molecule has 0 saturated carbocycles. The zero-order chi connectivity index (χ0) is 5.58. The fraction of sp³-hybridized carbons (Fsp3) is 0. The summed E-state index contributed by atoms with van der Waals surface area (Å²) in [5.41, 5.74) is 0. The van der Waals surface area contributed by atoms with Crippen LogP contribution in [0.1, 0.15) is 0 Å². The van der Waals surface area contributed by atoms with E-state index in [1.54, 1.807) is 0 Å². The van der Waals surface area contributed by atoms with Crippen molar-refractivity contribution >= 4 is 9.19 Å². The molecule has 0 spiro atoms. The van der Waals surface area contributed by atoms with Crippen LogP contribution in [0.25, 0.3) is 0 Å². The zero-order valence-corrected chi connectivity index (χ0v) is 8.46. The van der Waals surface area contributed by atoms with Crippen LogP contribution >= 0.6 is 9.19 Å². The van der Waals surface area contributed by atoms with Crippen molar-refractivity contribution < 1.29 is 73.7 Å². The Morgan fingerprint density at radius 2 is 1.14 bits per heavy atom. The standard InChI is InChI=1S/2Ag.ClH.IO3/c;;;2-1(3)4/h;;1H;/q2*+1;;-1/p-1. The Bertz CT molecular complexity index is 17.7. The summed E-state index contributed by atoms with van der Waals surface area (Å²) in [5, 5.41) is 0. The van der Waals surface area contributed by atoms with Crippen molar-refractivity contribution in [1.29, 1.82) is 0 Å². The van der Waals surface area contributed by atoms with Crippen LogP contribution < -0.4 is 31.4 Å². The third kappa shape index (κ3) is 60.2. The number of halogens is 2. The van der Waals surface area contributed by atoms with Crippen molar-refractivity contribution in [1.82, 2.24) is 0 Å². The maximum absolute atomic E-state index is 8.57. The molecule has 0 rings (SSSR count). The third-order valence-corrected chi connectivity index (χ3v) is 0. The first-order chi connectivity index (χ1) is 2.73. The average Bonchev–Trinajstić information content (AvgIpc) is 1.41. The van der Waals surface area contributed by atoms with Gasteiger partial charge in [-0.25, -0.2) is 0 Å². The van der Waals surface area contributed by atoms with Crippen LogP contribution in [0.15, 0.2) is 0 Å². The molecule has 0 aromatic carbocycles. The van der Waals surface area contributed by atoms with E-state index in [0.29, 0.717) is 0 Å². The minimum atomic E-state index is -4.01. The number of hydrogen-bond donors (Lipinski definition) is 0. The van der Waals surface area contributed by atoms with Crippen molar-refractivity contribution in [2.45, 2.75) is 0 Å². The van der Waals surface area contributed by atoms with E-state index < -0.39 is 21.1 Å². The summed E-state index contributed by atoms with van der Waals surface area (Å²) < 4.78 is 25.7. The Hall–Kier alpha value is 2.38. The van der Waals surface area contributed by atoms with E-state index in [9.17, 15) is 0 Å². The van der Waals surface area contributed by atoms with E-state index in [0.717, 1.165) is 0 Å². The minimum absolute atomic E-state index is 0. The van der Waals surface area contributed by atoms with Crippen molar-refractivity contribution in [2.24, 2.45) is 0 Å². The molecule has 7 heavy (non-hydrogen) atoms. The van der Waals surface area contributed by atoms with Gasteiger partial charge in [0.25, 0.3) is 21.1 Å². The first-order valence-corrected chi connectivity index (χ1v) is 5.13. The Morgan fingerprint density at radius 1 is 1.14 bits per heavy atom. The fourth-order valence-electron chi connectivity index (χ4n) is 0. The molecule has 0 aromatic rings. The molecule has 54 valence electrons. The van der Waals surface area contributed by atoms with Gasteiger partial charge in [-0.05, 0) is 0 Å². The van der Waals surface area contributed by atoms with E-state index in [1.165, 1.54) is 0 Å². The Labute approximate surface area is 81.7 Å². The summed E-state index contributed by atoms with van der Waals surface area (Å²) in [5.74, 6) is 0. The molecule has 0 aromatic heterocycles. The molecule has 0 aliphatic rings. The molecule has 0 fully saturated rings. The van der Waals surface area contributed by atoms with Crippen LogP contribution in [0.4, 0.5) is 0 Å². The molecule has 0 atom stereocenters. The van der Waals surface area contributed by atoms with E-state index in [4.69, 9.17) is 10.3 Å². The summed E-state index contributed by atoms with van der Waals surface area (Å²) in [7, 11) is 4.45. The minimum Gasteiger partial charge on any atom is -0.427 e. The molecular formula is Ag2ClIO3. The largest absolute Gasteiger partial charge is 0.427 e. The van der Waals surface area contributed by atoms with E-state index in [1.807, 2.05) is 0 Å². The molecule has 7 heteroatoms. The average molecular weight is 426 g/mol. The molecule has 0 bridgehead atoms. The van der Waals surface area contributed by atoms with Gasteiger partial charge in [0.1, 0.15) is 0 Å². The van der Waals surface area contributed by atoms with Gasteiger partial charge in [0, 0.05) is 0 Å².